The molecular weight excluding hydrogens is 172 g/mol. The Morgan fingerprint density at radius 1 is 1.07 bits per heavy atom. The van der Waals surface area contributed by atoms with Crippen LogP contribution in [0.4, 0.5) is 0 Å². The number of likely N-dealkylation sites (tertiary alicyclic amines) is 1. The van der Waals surface area contributed by atoms with E-state index in [0.29, 0.717) is 0 Å². The van der Waals surface area contributed by atoms with Crippen LogP contribution in [0.15, 0.2) is 0 Å². The Labute approximate surface area is 88.1 Å². The summed E-state index contributed by atoms with van der Waals surface area (Å²) in [7, 11) is 2.26. The van der Waals surface area contributed by atoms with E-state index in [1.807, 2.05) is 0 Å². The molecule has 2 fully saturated rings. The fourth-order valence-corrected chi connectivity index (χ4v) is 3.19. The smallest absolute Gasteiger partial charge is 0.0153 e. The summed E-state index contributed by atoms with van der Waals surface area (Å²) in [6.45, 7) is 9.44. The Morgan fingerprint density at radius 3 is 2.00 bits per heavy atom. The van der Waals surface area contributed by atoms with Crippen LogP contribution in [0.2, 0.25) is 0 Å². The van der Waals surface area contributed by atoms with Crippen molar-refractivity contribution in [2.45, 2.75) is 45.2 Å². The molecule has 1 heterocycles. The second kappa shape index (κ2) is 3.49. The van der Waals surface area contributed by atoms with Gasteiger partial charge in [-0.05, 0) is 52.5 Å². The topological polar surface area (TPSA) is 15.3 Å². The Kier molecular flexibility index (Phi) is 2.61. The zero-order valence-corrected chi connectivity index (χ0v) is 10.0. The van der Waals surface area contributed by atoms with Crippen LogP contribution in [0.3, 0.4) is 0 Å². The van der Waals surface area contributed by atoms with Crippen LogP contribution in [0.5, 0.6) is 0 Å². The molecule has 0 radical (unpaired) electrons. The van der Waals surface area contributed by atoms with Crippen molar-refractivity contribution >= 4 is 0 Å². The second-order valence-electron chi connectivity index (χ2n) is 6.24. The van der Waals surface area contributed by atoms with Crippen molar-refractivity contribution in [2.75, 3.05) is 20.1 Å². The summed E-state index contributed by atoms with van der Waals surface area (Å²) in [6, 6.07) is 0.784. The van der Waals surface area contributed by atoms with Crippen LogP contribution in [-0.2, 0) is 0 Å². The van der Waals surface area contributed by atoms with Gasteiger partial charge in [0.05, 0.1) is 0 Å². The molecule has 0 spiro atoms. The van der Waals surface area contributed by atoms with E-state index in [-0.39, 0.29) is 5.54 Å². The van der Waals surface area contributed by atoms with Gasteiger partial charge in [-0.15, -0.1) is 0 Å². The molecule has 1 saturated heterocycles. The number of piperidine rings is 1. The predicted molar refractivity (Wildman–Crippen MR) is 60.4 cm³/mol. The Bertz CT molecular complexity index is 193. The molecule has 2 atom stereocenters. The van der Waals surface area contributed by atoms with Crippen molar-refractivity contribution in [2.24, 2.45) is 11.8 Å². The third-order valence-corrected chi connectivity index (χ3v) is 3.62. The zero-order valence-electron chi connectivity index (χ0n) is 10.0. The van der Waals surface area contributed by atoms with Crippen LogP contribution < -0.4 is 5.32 Å². The van der Waals surface area contributed by atoms with Crippen LogP contribution in [0.1, 0.15) is 33.6 Å². The van der Waals surface area contributed by atoms with E-state index in [9.17, 15) is 0 Å². The fourth-order valence-electron chi connectivity index (χ4n) is 3.19. The van der Waals surface area contributed by atoms with Gasteiger partial charge in [0.1, 0.15) is 0 Å². The van der Waals surface area contributed by atoms with Gasteiger partial charge in [-0.2, -0.15) is 0 Å². The lowest BCUT2D eigenvalue weighted by Gasteiger charge is -2.40. The summed E-state index contributed by atoms with van der Waals surface area (Å²) in [4.78, 5) is 2.50. The first kappa shape index (κ1) is 10.4. The van der Waals surface area contributed by atoms with Crippen molar-refractivity contribution in [3.05, 3.63) is 0 Å². The summed E-state index contributed by atoms with van der Waals surface area (Å²) >= 11 is 0. The normalized spacial score (nSPS) is 39.0. The molecule has 1 N–H and O–H groups in total. The lowest BCUT2D eigenvalue weighted by molar-refractivity contribution is 0.135. The highest BCUT2D eigenvalue weighted by Crippen LogP contribution is 2.37. The minimum Gasteiger partial charge on any atom is -0.309 e. The number of rotatable bonds is 1. The average Bonchev–Trinajstić information content (AvgIpc) is 2.31. The predicted octanol–water partition coefficient (Wildman–Crippen LogP) is 1.71. The molecule has 2 unspecified atom stereocenters. The van der Waals surface area contributed by atoms with Crippen LogP contribution in [0, 0.1) is 11.8 Å². The monoisotopic (exact) mass is 196 g/mol. The van der Waals surface area contributed by atoms with Gasteiger partial charge in [0.15, 0.2) is 0 Å². The number of hydrogen-bond donors (Lipinski definition) is 1. The summed E-state index contributed by atoms with van der Waals surface area (Å²) in [6.07, 6.45) is 2.87. The highest BCUT2D eigenvalue weighted by Gasteiger charge is 2.41. The lowest BCUT2D eigenvalue weighted by atomic mass is 9.90. The molecular formula is C12H24N2. The molecule has 0 amide bonds. The Morgan fingerprint density at radius 2 is 1.57 bits per heavy atom. The third kappa shape index (κ3) is 2.12. The fraction of sp³-hybridized carbons (Fsp3) is 1.00. The summed E-state index contributed by atoms with van der Waals surface area (Å²) in [5.41, 5.74) is 0.279. The highest BCUT2D eigenvalue weighted by atomic mass is 15.1. The quantitative estimate of drug-likeness (QED) is 0.687. The summed E-state index contributed by atoms with van der Waals surface area (Å²) < 4.78 is 0. The van der Waals surface area contributed by atoms with E-state index in [0.717, 1.165) is 17.9 Å². The largest absolute Gasteiger partial charge is 0.309 e. The van der Waals surface area contributed by atoms with Crippen LogP contribution in [0.25, 0.3) is 0 Å². The maximum Gasteiger partial charge on any atom is 0.0153 e. The lowest BCUT2D eigenvalue weighted by Crippen LogP contribution is -2.55. The standard InChI is InChI=1S/C12H24N2/c1-12(2,3)13-11-9-5-6-10(11)8-14(4)7-9/h9-11,13H,5-8H2,1-4H3. The molecule has 1 aliphatic carbocycles. The van der Waals surface area contributed by atoms with E-state index in [1.165, 1.54) is 25.9 Å². The third-order valence-electron chi connectivity index (χ3n) is 3.62. The van der Waals surface area contributed by atoms with Gasteiger partial charge in [-0.3, -0.25) is 0 Å². The van der Waals surface area contributed by atoms with Gasteiger partial charge in [0.2, 0.25) is 0 Å². The molecule has 2 aliphatic rings. The number of hydrogen-bond acceptors (Lipinski definition) is 2. The van der Waals surface area contributed by atoms with Crippen LogP contribution in [-0.4, -0.2) is 36.6 Å². The SMILES string of the molecule is CN1CC2CCC(C1)C2NC(C)(C)C. The van der Waals surface area contributed by atoms with Gasteiger partial charge in [-0.1, -0.05) is 0 Å². The number of nitrogens with zero attached hydrogens (tertiary/aromatic N) is 1. The van der Waals surface area contributed by atoms with Crippen molar-refractivity contribution in [1.82, 2.24) is 10.2 Å². The number of nitrogens with one attached hydrogen (secondary N) is 1. The van der Waals surface area contributed by atoms with E-state index in [2.05, 4.69) is 38.0 Å². The summed E-state index contributed by atoms with van der Waals surface area (Å²) in [5.74, 6) is 1.80. The number of fused-ring (bicyclic) bond motifs is 2. The first-order valence-electron chi connectivity index (χ1n) is 5.92. The zero-order chi connectivity index (χ0) is 10.3. The van der Waals surface area contributed by atoms with Gasteiger partial charge in [-0.25, -0.2) is 0 Å². The van der Waals surface area contributed by atoms with Crippen molar-refractivity contribution in [1.29, 1.82) is 0 Å². The first-order valence-corrected chi connectivity index (χ1v) is 5.92. The van der Waals surface area contributed by atoms with Gasteiger partial charge >= 0.3 is 0 Å². The van der Waals surface area contributed by atoms with Crippen molar-refractivity contribution in [3.63, 3.8) is 0 Å². The molecule has 0 aromatic heterocycles. The maximum absolute atomic E-state index is 3.81. The van der Waals surface area contributed by atoms with Gasteiger partial charge in [0.25, 0.3) is 0 Å². The molecule has 0 aromatic carbocycles. The van der Waals surface area contributed by atoms with E-state index in [1.54, 1.807) is 0 Å². The molecule has 2 rings (SSSR count). The second-order valence-corrected chi connectivity index (χ2v) is 6.24. The molecule has 2 heteroatoms. The van der Waals surface area contributed by atoms with Crippen molar-refractivity contribution < 1.29 is 0 Å². The molecule has 1 saturated carbocycles. The van der Waals surface area contributed by atoms with Crippen LogP contribution >= 0.6 is 0 Å². The molecule has 82 valence electrons. The van der Waals surface area contributed by atoms with Crippen molar-refractivity contribution in [3.8, 4) is 0 Å². The van der Waals surface area contributed by atoms with Gasteiger partial charge < -0.3 is 10.2 Å². The average molecular weight is 196 g/mol. The minimum absolute atomic E-state index is 0.279. The molecule has 1 aliphatic heterocycles. The molecule has 2 bridgehead atoms. The highest BCUT2D eigenvalue weighted by molar-refractivity contribution is 4.98. The molecule has 14 heavy (non-hydrogen) atoms. The first-order chi connectivity index (χ1) is 6.46. The van der Waals surface area contributed by atoms with E-state index < -0.39 is 0 Å². The Balaban J connectivity index is 2.01. The summed E-state index contributed by atoms with van der Waals surface area (Å²) in [5, 5.41) is 3.81. The Hall–Kier alpha value is -0.0800. The molecule has 2 nitrogen and oxygen atoms in total. The maximum atomic E-state index is 3.81. The molecule has 0 aromatic rings. The van der Waals surface area contributed by atoms with Gasteiger partial charge in [0, 0.05) is 24.7 Å². The minimum atomic E-state index is 0.279. The van der Waals surface area contributed by atoms with E-state index >= 15 is 0 Å². The van der Waals surface area contributed by atoms with E-state index in [4.69, 9.17) is 0 Å².